The molecule has 1 nitrogen and oxygen atoms in total. The molecule has 0 radical (unpaired) electrons. The first kappa shape index (κ1) is 6.10. The maximum absolute atomic E-state index is 2.67. The predicted octanol–water partition coefficient (Wildman–Crippen LogP) is 2.15. The first-order chi connectivity index (χ1) is 5.43. The summed E-state index contributed by atoms with van der Waals surface area (Å²) in [6.07, 6.45) is 9.62. The van der Waals surface area contributed by atoms with Gasteiger partial charge in [0.2, 0.25) is 0 Å². The van der Waals surface area contributed by atoms with Gasteiger partial charge in [0.15, 0.2) is 0 Å². The van der Waals surface area contributed by atoms with Crippen LogP contribution < -0.4 is 0 Å². The molecule has 4 rings (SSSR count). The van der Waals surface area contributed by atoms with E-state index in [1.807, 2.05) is 0 Å². The second-order valence-electron chi connectivity index (χ2n) is 4.21. The van der Waals surface area contributed by atoms with E-state index in [4.69, 9.17) is 0 Å². The average molecular weight is 149 g/mol. The molecule has 3 saturated heterocycles. The Balaban J connectivity index is 1.99. The van der Waals surface area contributed by atoms with Gasteiger partial charge in [-0.25, -0.2) is 0 Å². The average Bonchev–Trinajstić information content (AvgIpc) is 2.05. The van der Waals surface area contributed by atoms with E-state index >= 15 is 0 Å². The molecule has 4 aliphatic rings. The van der Waals surface area contributed by atoms with Crippen LogP contribution in [0.25, 0.3) is 0 Å². The molecular formula is C10H15N. The van der Waals surface area contributed by atoms with Gasteiger partial charge in [-0.1, -0.05) is 6.08 Å². The summed E-state index contributed by atoms with van der Waals surface area (Å²) in [6.45, 7) is 1.36. The quantitative estimate of drug-likeness (QED) is 0.510. The molecule has 0 aliphatic carbocycles. The summed E-state index contributed by atoms with van der Waals surface area (Å²) < 4.78 is 0. The number of hydrogen-bond donors (Lipinski definition) is 0. The zero-order chi connectivity index (χ0) is 7.26. The Kier molecular flexibility index (Phi) is 1.12. The van der Waals surface area contributed by atoms with Crippen molar-refractivity contribution in [1.29, 1.82) is 0 Å². The summed E-state index contributed by atoms with van der Waals surface area (Å²) in [7, 11) is 0. The van der Waals surface area contributed by atoms with E-state index in [0.29, 0.717) is 0 Å². The van der Waals surface area contributed by atoms with Gasteiger partial charge in [-0.05, 0) is 38.0 Å². The maximum atomic E-state index is 2.67. The molecule has 1 heteroatoms. The lowest BCUT2D eigenvalue weighted by molar-refractivity contribution is 0.0784. The van der Waals surface area contributed by atoms with E-state index in [1.165, 1.54) is 38.6 Å². The van der Waals surface area contributed by atoms with Gasteiger partial charge in [-0.15, -0.1) is 0 Å². The predicted molar refractivity (Wildman–Crippen MR) is 45.2 cm³/mol. The Morgan fingerprint density at radius 3 is 3.09 bits per heavy atom. The summed E-state index contributed by atoms with van der Waals surface area (Å²) in [5, 5.41) is 0. The molecule has 0 aromatic heterocycles. The largest absolute Gasteiger partial charge is 0.372 e. The highest BCUT2D eigenvalue weighted by molar-refractivity contribution is 5.14. The van der Waals surface area contributed by atoms with Crippen molar-refractivity contribution in [3.8, 4) is 0 Å². The van der Waals surface area contributed by atoms with Crippen molar-refractivity contribution in [2.75, 3.05) is 6.54 Å². The molecule has 4 aliphatic heterocycles. The van der Waals surface area contributed by atoms with Crippen LogP contribution in [-0.2, 0) is 0 Å². The Hall–Kier alpha value is -0.460. The van der Waals surface area contributed by atoms with E-state index in [2.05, 4.69) is 11.0 Å². The van der Waals surface area contributed by atoms with Crippen LogP contribution >= 0.6 is 0 Å². The maximum Gasteiger partial charge on any atom is 0.0292 e. The van der Waals surface area contributed by atoms with Gasteiger partial charge in [0.25, 0.3) is 0 Å². The first-order valence-corrected chi connectivity index (χ1v) is 4.89. The molecule has 11 heavy (non-hydrogen) atoms. The van der Waals surface area contributed by atoms with Gasteiger partial charge in [0.05, 0.1) is 0 Å². The molecule has 0 spiro atoms. The zero-order valence-corrected chi connectivity index (χ0v) is 6.92. The Morgan fingerprint density at radius 1 is 1.36 bits per heavy atom. The van der Waals surface area contributed by atoms with Crippen molar-refractivity contribution in [2.45, 2.75) is 38.1 Å². The van der Waals surface area contributed by atoms with Gasteiger partial charge < -0.3 is 4.90 Å². The van der Waals surface area contributed by atoms with Crippen molar-refractivity contribution in [1.82, 2.24) is 4.90 Å². The monoisotopic (exact) mass is 149 g/mol. The normalized spacial score (nSPS) is 40.7. The van der Waals surface area contributed by atoms with E-state index < -0.39 is 0 Å². The summed E-state index contributed by atoms with van der Waals surface area (Å²) in [5.74, 6) is 1.05. The van der Waals surface area contributed by atoms with Crippen LogP contribution in [0.15, 0.2) is 11.8 Å². The number of hydrogen-bond acceptors (Lipinski definition) is 1. The molecule has 0 amide bonds. The summed E-state index contributed by atoms with van der Waals surface area (Å²) in [5.41, 5.74) is 1.68. The van der Waals surface area contributed by atoms with Gasteiger partial charge in [0, 0.05) is 18.3 Å². The third kappa shape index (κ3) is 0.770. The second kappa shape index (κ2) is 2.02. The second-order valence-corrected chi connectivity index (χ2v) is 4.21. The smallest absolute Gasteiger partial charge is 0.0292 e. The highest BCUT2D eigenvalue weighted by Gasteiger charge is 2.37. The molecule has 0 saturated carbocycles. The lowest BCUT2D eigenvalue weighted by atomic mass is 9.77. The minimum Gasteiger partial charge on any atom is -0.372 e. The van der Waals surface area contributed by atoms with E-state index in [0.717, 1.165) is 12.0 Å². The first-order valence-electron chi connectivity index (χ1n) is 4.89. The van der Waals surface area contributed by atoms with Crippen molar-refractivity contribution in [3.63, 3.8) is 0 Å². The summed E-state index contributed by atoms with van der Waals surface area (Å²) >= 11 is 0. The highest BCUT2D eigenvalue weighted by atomic mass is 15.2. The third-order valence-electron chi connectivity index (χ3n) is 3.57. The Labute approximate surface area is 68.1 Å². The molecule has 4 heterocycles. The number of piperidine rings is 3. The summed E-state index contributed by atoms with van der Waals surface area (Å²) in [6, 6.07) is 0.947. The van der Waals surface area contributed by atoms with Crippen molar-refractivity contribution < 1.29 is 0 Å². The van der Waals surface area contributed by atoms with E-state index in [9.17, 15) is 0 Å². The minimum absolute atomic E-state index is 0.947. The lowest BCUT2D eigenvalue weighted by Crippen LogP contribution is -2.48. The molecule has 0 aromatic carbocycles. The van der Waals surface area contributed by atoms with Gasteiger partial charge >= 0.3 is 0 Å². The van der Waals surface area contributed by atoms with Gasteiger partial charge in [-0.3, -0.25) is 0 Å². The van der Waals surface area contributed by atoms with Crippen LogP contribution in [0.4, 0.5) is 0 Å². The highest BCUT2D eigenvalue weighted by Crippen LogP contribution is 2.42. The fourth-order valence-corrected chi connectivity index (χ4v) is 3.03. The molecule has 3 fully saturated rings. The van der Waals surface area contributed by atoms with Crippen molar-refractivity contribution in [3.05, 3.63) is 11.8 Å². The van der Waals surface area contributed by atoms with Gasteiger partial charge in [0.1, 0.15) is 0 Å². The third-order valence-corrected chi connectivity index (χ3v) is 3.57. The Morgan fingerprint density at radius 2 is 2.36 bits per heavy atom. The Bertz CT molecular complexity index is 207. The number of nitrogens with zero attached hydrogens (tertiary/aromatic N) is 1. The summed E-state index contributed by atoms with van der Waals surface area (Å²) in [4.78, 5) is 2.67. The number of allylic oxidation sites excluding steroid dienone is 2. The van der Waals surface area contributed by atoms with Crippen LogP contribution in [0.2, 0.25) is 0 Å². The molecule has 0 N–H and O–H groups in total. The van der Waals surface area contributed by atoms with Crippen LogP contribution in [0, 0.1) is 5.92 Å². The SMILES string of the molecule is C1=C2CC3CCN2C(CC1)C3. The van der Waals surface area contributed by atoms with E-state index in [1.54, 1.807) is 5.70 Å². The van der Waals surface area contributed by atoms with Gasteiger partial charge in [-0.2, -0.15) is 0 Å². The van der Waals surface area contributed by atoms with E-state index in [-0.39, 0.29) is 0 Å². The molecular weight excluding hydrogens is 134 g/mol. The topological polar surface area (TPSA) is 3.24 Å². The fourth-order valence-electron chi connectivity index (χ4n) is 3.03. The zero-order valence-electron chi connectivity index (χ0n) is 6.92. The standard InChI is InChI=1S/C10H15N/c1-2-9-6-8-4-5-11(9)10(3-1)7-8/h2,8,10H,1,3-7H2. The number of fused-ring (bicyclic) bond motifs is 1. The molecule has 2 atom stereocenters. The van der Waals surface area contributed by atoms with Crippen molar-refractivity contribution >= 4 is 0 Å². The number of rotatable bonds is 0. The van der Waals surface area contributed by atoms with Crippen LogP contribution in [0.5, 0.6) is 0 Å². The fraction of sp³-hybridized carbons (Fsp3) is 0.800. The molecule has 2 unspecified atom stereocenters. The van der Waals surface area contributed by atoms with Crippen LogP contribution in [0.1, 0.15) is 32.1 Å². The molecule has 0 aromatic rings. The van der Waals surface area contributed by atoms with Crippen LogP contribution in [0.3, 0.4) is 0 Å². The molecule has 60 valence electrons. The van der Waals surface area contributed by atoms with Crippen LogP contribution in [-0.4, -0.2) is 17.5 Å². The lowest BCUT2D eigenvalue weighted by Gasteiger charge is -2.50. The minimum atomic E-state index is 0.947. The van der Waals surface area contributed by atoms with Crippen molar-refractivity contribution in [2.24, 2.45) is 5.92 Å². The molecule has 4 bridgehead atoms.